The summed E-state index contributed by atoms with van der Waals surface area (Å²) in [5, 5.41) is 4.27. The molecule has 0 heterocycles. The molecule has 2 amide bonds. The molecule has 2 aromatic rings. The molecule has 0 radical (unpaired) electrons. The third-order valence-corrected chi connectivity index (χ3v) is 5.13. The molecule has 0 aliphatic rings. The third kappa shape index (κ3) is 7.20. The van der Waals surface area contributed by atoms with E-state index in [0.29, 0.717) is 6.54 Å². The van der Waals surface area contributed by atoms with Crippen molar-refractivity contribution in [3.8, 4) is 0 Å². The minimum absolute atomic E-state index is 0.0915. The molecule has 0 saturated heterocycles. The largest absolute Gasteiger partial charge is 0.471 e. The molecule has 0 spiro atoms. The van der Waals surface area contributed by atoms with Gasteiger partial charge >= 0.3 is 12.1 Å². The third-order valence-electron chi connectivity index (χ3n) is 3.66. The number of rotatable bonds is 8. The van der Waals surface area contributed by atoms with E-state index in [4.69, 9.17) is 0 Å². The number of halogens is 3. The number of hydrogen-bond acceptors (Lipinski definition) is 4. The average Bonchev–Trinajstić information content (AvgIpc) is 2.67. The second-order valence-corrected chi connectivity index (χ2v) is 7.65. The van der Waals surface area contributed by atoms with Crippen LogP contribution in [0.5, 0.6) is 0 Å². The summed E-state index contributed by atoms with van der Waals surface area (Å²) in [5.74, 6) is -2.51. The van der Waals surface area contributed by atoms with Crippen LogP contribution in [0, 0.1) is 0 Å². The second kappa shape index (κ2) is 9.52. The first-order chi connectivity index (χ1) is 13.6. The number of alkyl halides is 3. The zero-order valence-corrected chi connectivity index (χ0v) is 15.8. The van der Waals surface area contributed by atoms with Crippen LogP contribution in [-0.2, 0) is 26.2 Å². The highest BCUT2D eigenvalue weighted by atomic mass is 32.2. The molecule has 156 valence electrons. The maximum absolute atomic E-state index is 12.2. The number of sulfonamides is 1. The second-order valence-electron chi connectivity index (χ2n) is 5.89. The van der Waals surface area contributed by atoms with Crippen LogP contribution in [0.3, 0.4) is 0 Å². The first-order valence-corrected chi connectivity index (χ1v) is 9.85. The Hall–Kier alpha value is -2.92. The summed E-state index contributed by atoms with van der Waals surface area (Å²) in [7, 11) is -3.96. The number of carbonyl (C=O) groups excluding carboxylic acids is 2. The van der Waals surface area contributed by atoms with E-state index in [1.54, 1.807) is 5.32 Å². The van der Waals surface area contributed by atoms with Gasteiger partial charge in [0.05, 0.1) is 4.90 Å². The maximum Gasteiger partial charge on any atom is 0.471 e. The molecule has 0 unspecified atom stereocenters. The SMILES string of the molecule is O=C(CCNS(=O)(=O)c1ccc(NC(=O)C(F)(F)F)cc1)NCc1ccccc1. The number of carbonyl (C=O) groups is 2. The predicted octanol–water partition coefficient (Wildman–Crippen LogP) is 2.17. The van der Waals surface area contributed by atoms with Crippen molar-refractivity contribution in [2.75, 3.05) is 11.9 Å². The summed E-state index contributed by atoms with van der Waals surface area (Å²) >= 11 is 0. The van der Waals surface area contributed by atoms with Crippen molar-refractivity contribution < 1.29 is 31.2 Å². The van der Waals surface area contributed by atoms with Gasteiger partial charge in [0.25, 0.3) is 0 Å². The lowest BCUT2D eigenvalue weighted by atomic mass is 10.2. The van der Waals surface area contributed by atoms with Gasteiger partial charge in [0, 0.05) is 25.2 Å². The summed E-state index contributed by atoms with van der Waals surface area (Å²) in [5.41, 5.74) is 0.700. The van der Waals surface area contributed by atoms with Crippen molar-refractivity contribution in [2.24, 2.45) is 0 Å². The first-order valence-electron chi connectivity index (χ1n) is 8.36. The van der Waals surface area contributed by atoms with Crippen LogP contribution in [-0.4, -0.2) is 33.0 Å². The van der Waals surface area contributed by atoms with Gasteiger partial charge in [-0.05, 0) is 29.8 Å². The Morgan fingerprint density at radius 3 is 2.14 bits per heavy atom. The van der Waals surface area contributed by atoms with Crippen LogP contribution in [0.25, 0.3) is 0 Å². The maximum atomic E-state index is 12.2. The number of anilines is 1. The molecule has 2 aromatic carbocycles. The lowest BCUT2D eigenvalue weighted by Gasteiger charge is -2.10. The Labute approximate surface area is 165 Å². The first kappa shape index (κ1) is 22.4. The van der Waals surface area contributed by atoms with Crippen LogP contribution in [0.15, 0.2) is 59.5 Å². The van der Waals surface area contributed by atoms with E-state index in [0.717, 1.165) is 29.8 Å². The van der Waals surface area contributed by atoms with Crippen molar-refractivity contribution in [2.45, 2.75) is 24.0 Å². The lowest BCUT2D eigenvalue weighted by molar-refractivity contribution is -0.167. The van der Waals surface area contributed by atoms with Gasteiger partial charge < -0.3 is 10.6 Å². The number of benzene rings is 2. The normalized spacial score (nSPS) is 11.7. The van der Waals surface area contributed by atoms with Gasteiger partial charge in [0.2, 0.25) is 15.9 Å². The molecule has 0 atom stereocenters. The van der Waals surface area contributed by atoms with Crippen molar-refractivity contribution in [3.63, 3.8) is 0 Å². The molecule has 0 aromatic heterocycles. The fraction of sp³-hybridized carbons (Fsp3) is 0.222. The molecule has 0 aliphatic heterocycles. The highest BCUT2D eigenvalue weighted by molar-refractivity contribution is 7.89. The van der Waals surface area contributed by atoms with Gasteiger partial charge in [-0.15, -0.1) is 0 Å². The van der Waals surface area contributed by atoms with Crippen LogP contribution in [0.2, 0.25) is 0 Å². The van der Waals surface area contributed by atoms with Gasteiger partial charge in [-0.1, -0.05) is 30.3 Å². The molecule has 0 aliphatic carbocycles. The molecule has 0 bridgehead atoms. The Kier molecular flexibility index (Phi) is 7.35. The zero-order chi connectivity index (χ0) is 21.5. The summed E-state index contributed by atoms with van der Waals surface area (Å²) < 4.78 is 63.2. The van der Waals surface area contributed by atoms with E-state index in [1.807, 2.05) is 30.3 Å². The fourth-order valence-corrected chi connectivity index (χ4v) is 3.22. The van der Waals surface area contributed by atoms with Crippen LogP contribution >= 0.6 is 0 Å². The van der Waals surface area contributed by atoms with Crippen molar-refractivity contribution in [1.82, 2.24) is 10.0 Å². The lowest BCUT2D eigenvalue weighted by Crippen LogP contribution is -2.31. The van der Waals surface area contributed by atoms with Gasteiger partial charge in [-0.3, -0.25) is 9.59 Å². The molecular weight excluding hydrogens is 411 g/mol. The van der Waals surface area contributed by atoms with Crippen molar-refractivity contribution >= 4 is 27.5 Å². The van der Waals surface area contributed by atoms with Crippen LogP contribution < -0.4 is 15.4 Å². The highest BCUT2D eigenvalue weighted by Gasteiger charge is 2.38. The minimum Gasteiger partial charge on any atom is -0.352 e. The molecule has 0 fully saturated rings. The number of amides is 2. The predicted molar refractivity (Wildman–Crippen MR) is 99.2 cm³/mol. The summed E-state index contributed by atoms with van der Waals surface area (Å²) in [6.07, 6.45) is -5.14. The van der Waals surface area contributed by atoms with E-state index in [2.05, 4.69) is 10.0 Å². The Bertz CT molecular complexity index is 947. The molecule has 7 nitrogen and oxygen atoms in total. The molecule has 29 heavy (non-hydrogen) atoms. The summed E-state index contributed by atoms with van der Waals surface area (Å²) in [4.78, 5) is 22.4. The van der Waals surface area contributed by atoms with Gasteiger partial charge in [0.1, 0.15) is 0 Å². The smallest absolute Gasteiger partial charge is 0.352 e. The standard InChI is InChI=1S/C18H18F3N3O4S/c19-18(20,21)17(26)24-14-6-8-15(9-7-14)29(27,28)23-11-10-16(25)22-12-13-4-2-1-3-5-13/h1-9,23H,10-12H2,(H,22,25)(H,24,26). The Balaban J connectivity index is 1.82. The number of hydrogen-bond donors (Lipinski definition) is 3. The van der Waals surface area contributed by atoms with E-state index in [-0.39, 0.29) is 29.5 Å². The van der Waals surface area contributed by atoms with Gasteiger partial charge in [-0.2, -0.15) is 13.2 Å². The average molecular weight is 429 g/mol. The summed E-state index contributed by atoms with van der Waals surface area (Å²) in [6.45, 7) is 0.160. The number of nitrogens with one attached hydrogen (secondary N) is 3. The summed E-state index contributed by atoms with van der Waals surface area (Å²) in [6, 6.07) is 13.3. The van der Waals surface area contributed by atoms with E-state index in [9.17, 15) is 31.2 Å². The topological polar surface area (TPSA) is 104 Å². The monoisotopic (exact) mass is 429 g/mol. The van der Waals surface area contributed by atoms with Gasteiger partial charge in [-0.25, -0.2) is 13.1 Å². The zero-order valence-electron chi connectivity index (χ0n) is 15.0. The molecule has 11 heteroatoms. The Morgan fingerprint density at radius 1 is 0.931 bits per heavy atom. The molecular formula is C18H18F3N3O4S. The minimum atomic E-state index is -5.05. The highest BCUT2D eigenvalue weighted by Crippen LogP contribution is 2.19. The van der Waals surface area contributed by atoms with Crippen LogP contribution in [0.1, 0.15) is 12.0 Å². The molecule has 0 saturated carbocycles. The van der Waals surface area contributed by atoms with Crippen LogP contribution in [0.4, 0.5) is 18.9 Å². The van der Waals surface area contributed by atoms with E-state index >= 15 is 0 Å². The van der Waals surface area contributed by atoms with Gasteiger partial charge in [0.15, 0.2) is 0 Å². The molecule has 2 rings (SSSR count). The quantitative estimate of drug-likeness (QED) is 0.598. The van der Waals surface area contributed by atoms with Crippen molar-refractivity contribution in [1.29, 1.82) is 0 Å². The molecule has 3 N–H and O–H groups in total. The Morgan fingerprint density at radius 2 is 1.55 bits per heavy atom. The van der Waals surface area contributed by atoms with Crippen molar-refractivity contribution in [3.05, 3.63) is 60.2 Å². The van der Waals surface area contributed by atoms with E-state index < -0.39 is 22.1 Å². The van der Waals surface area contributed by atoms with E-state index in [1.165, 1.54) is 0 Å². The fourth-order valence-electron chi connectivity index (χ4n) is 2.19.